The first-order valence-corrected chi connectivity index (χ1v) is 4.95. The smallest absolute Gasteiger partial charge is 0.151 e. The summed E-state index contributed by atoms with van der Waals surface area (Å²) in [4.78, 5) is 19.9. The molecule has 0 unspecified atom stereocenters. The summed E-state index contributed by atoms with van der Waals surface area (Å²) in [6.07, 6.45) is 4.15. The molecule has 0 aromatic carbocycles. The molecule has 3 nitrogen and oxygen atoms in total. The molecule has 0 spiro atoms. The van der Waals surface area contributed by atoms with Crippen molar-refractivity contribution in [1.82, 2.24) is 9.97 Å². The molecular weight excluding hydrogens is 196 g/mol. The van der Waals surface area contributed by atoms with Crippen molar-refractivity contribution in [2.24, 2.45) is 0 Å². The van der Waals surface area contributed by atoms with Crippen molar-refractivity contribution in [3.8, 4) is 10.7 Å². The Morgan fingerprint density at radius 1 is 1.29 bits per heavy atom. The molecule has 0 amide bonds. The van der Waals surface area contributed by atoms with E-state index >= 15 is 0 Å². The Morgan fingerprint density at radius 2 is 2.14 bits per heavy atom. The number of rotatable bonds is 2. The predicted molar refractivity (Wildman–Crippen MR) is 55.5 cm³/mol. The summed E-state index contributed by atoms with van der Waals surface area (Å²) in [5.74, 6) is 0. The Morgan fingerprint density at radius 3 is 2.64 bits per heavy atom. The predicted octanol–water partition coefficient (Wildman–Crippen LogP) is 2.33. The highest BCUT2D eigenvalue weighted by molar-refractivity contribution is 7.14. The fourth-order valence-corrected chi connectivity index (χ4v) is 1.82. The van der Waals surface area contributed by atoms with E-state index < -0.39 is 0 Å². The number of aryl methyl sites for hydroxylation is 1. The van der Waals surface area contributed by atoms with Crippen LogP contribution in [-0.2, 0) is 0 Å². The highest BCUT2D eigenvalue weighted by atomic mass is 32.1. The Hall–Kier alpha value is -1.55. The fraction of sp³-hybridized carbons (Fsp3) is 0.100. The van der Waals surface area contributed by atoms with Crippen LogP contribution in [0.3, 0.4) is 0 Å². The summed E-state index contributed by atoms with van der Waals surface area (Å²) >= 11 is 1.59. The Balaban J connectivity index is 2.38. The van der Waals surface area contributed by atoms with Crippen molar-refractivity contribution >= 4 is 17.6 Å². The fourth-order valence-electron chi connectivity index (χ4n) is 1.07. The molecule has 0 aliphatic carbocycles. The van der Waals surface area contributed by atoms with E-state index in [-0.39, 0.29) is 0 Å². The van der Waals surface area contributed by atoms with Crippen molar-refractivity contribution in [2.75, 3.05) is 0 Å². The summed E-state index contributed by atoms with van der Waals surface area (Å²) < 4.78 is 0. The van der Waals surface area contributed by atoms with Crippen molar-refractivity contribution in [3.05, 3.63) is 35.0 Å². The number of carbonyl (C=O) groups excluding carboxylic acids is 1. The number of aldehydes is 1. The van der Waals surface area contributed by atoms with E-state index in [4.69, 9.17) is 0 Å². The van der Waals surface area contributed by atoms with Crippen molar-refractivity contribution in [3.63, 3.8) is 0 Å². The van der Waals surface area contributed by atoms with Gasteiger partial charge in [0.1, 0.15) is 5.01 Å². The van der Waals surface area contributed by atoms with Crippen LogP contribution >= 0.6 is 11.3 Å². The second-order valence-corrected chi connectivity index (χ2v) is 4.11. The van der Waals surface area contributed by atoms with Gasteiger partial charge >= 0.3 is 0 Å². The molecule has 70 valence electrons. The molecule has 0 aliphatic heterocycles. The number of pyridine rings is 1. The number of nitrogens with zero attached hydrogens (tertiary/aromatic N) is 2. The van der Waals surface area contributed by atoms with Crippen molar-refractivity contribution in [1.29, 1.82) is 0 Å². The molecule has 0 N–H and O–H groups in total. The van der Waals surface area contributed by atoms with Gasteiger partial charge in [0.15, 0.2) is 6.29 Å². The number of hydrogen-bond donors (Lipinski definition) is 0. The normalized spacial score (nSPS) is 10.1. The Kier molecular flexibility index (Phi) is 2.37. The molecule has 0 saturated carbocycles. The standard InChI is InChI=1S/C10H8N2OS/c1-7-4-12-10(14-7)9-3-2-8(6-13)5-11-9/h2-6H,1H3. The van der Waals surface area contributed by atoms with E-state index in [0.29, 0.717) is 5.56 Å². The lowest BCUT2D eigenvalue weighted by molar-refractivity contribution is 0.112. The zero-order chi connectivity index (χ0) is 9.97. The second kappa shape index (κ2) is 3.67. The van der Waals surface area contributed by atoms with Crippen LogP contribution in [0.2, 0.25) is 0 Å². The van der Waals surface area contributed by atoms with E-state index in [2.05, 4.69) is 9.97 Å². The summed E-state index contributed by atoms with van der Waals surface area (Å²) in [7, 11) is 0. The van der Waals surface area contributed by atoms with Gasteiger partial charge in [-0.05, 0) is 19.1 Å². The number of hydrogen-bond acceptors (Lipinski definition) is 4. The highest BCUT2D eigenvalue weighted by Gasteiger charge is 2.03. The minimum absolute atomic E-state index is 0.585. The zero-order valence-electron chi connectivity index (χ0n) is 7.60. The van der Waals surface area contributed by atoms with E-state index in [1.54, 1.807) is 23.6 Å². The van der Waals surface area contributed by atoms with Gasteiger partial charge in [-0.15, -0.1) is 11.3 Å². The maximum absolute atomic E-state index is 10.4. The third-order valence-corrected chi connectivity index (χ3v) is 2.70. The van der Waals surface area contributed by atoms with Gasteiger partial charge in [0.2, 0.25) is 0 Å². The first-order valence-electron chi connectivity index (χ1n) is 4.13. The van der Waals surface area contributed by atoms with Crippen LogP contribution in [0.1, 0.15) is 15.2 Å². The van der Waals surface area contributed by atoms with Gasteiger partial charge < -0.3 is 0 Å². The largest absolute Gasteiger partial charge is 0.298 e. The van der Waals surface area contributed by atoms with Crippen molar-refractivity contribution < 1.29 is 4.79 Å². The second-order valence-electron chi connectivity index (χ2n) is 2.87. The van der Waals surface area contributed by atoms with Crippen LogP contribution in [-0.4, -0.2) is 16.3 Å². The van der Waals surface area contributed by atoms with E-state index in [1.807, 2.05) is 19.2 Å². The number of aromatic nitrogens is 2. The average molecular weight is 204 g/mol. The monoisotopic (exact) mass is 204 g/mol. The van der Waals surface area contributed by atoms with Crippen LogP contribution in [0.25, 0.3) is 10.7 Å². The molecule has 0 fully saturated rings. The van der Waals surface area contributed by atoms with Crippen LogP contribution in [0.4, 0.5) is 0 Å². The molecule has 0 saturated heterocycles. The molecule has 0 bridgehead atoms. The number of thiazole rings is 1. The first kappa shape index (κ1) is 9.02. The van der Waals surface area contributed by atoms with Crippen LogP contribution in [0, 0.1) is 6.92 Å². The van der Waals surface area contributed by atoms with Gasteiger partial charge in [0.05, 0.1) is 5.69 Å². The summed E-state index contributed by atoms with van der Waals surface area (Å²) in [6, 6.07) is 3.55. The quantitative estimate of drug-likeness (QED) is 0.705. The molecule has 2 rings (SSSR count). The lowest BCUT2D eigenvalue weighted by Crippen LogP contribution is -1.85. The lowest BCUT2D eigenvalue weighted by atomic mass is 10.3. The van der Waals surface area contributed by atoms with Crippen LogP contribution < -0.4 is 0 Å². The number of carbonyl (C=O) groups is 1. The van der Waals surface area contributed by atoms with Gasteiger partial charge in [0, 0.05) is 22.8 Å². The molecule has 2 aromatic heterocycles. The minimum Gasteiger partial charge on any atom is -0.298 e. The van der Waals surface area contributed by atoms with E-state index in [9.17, 15) is 4.79 Å². The van der Waals surface area contributed by atoms with Gasteiger partial charge in [0.25, 0.3) is 0 Å². The third kappa shape index (κ3) is 1.70. The third-order valence-electron chi connectivity index (χ3n) is 1.76. The Labute approximate surface area is 85.5 Å². The summed E-state index contributed by atoms with van der Waals surface area (Å²) in [5.41, 5.74) is 1.40. The molecule has 14 heavy (non-hydrogen) atoms. The van der Waals surface area contributed by atoms with Gasteiger partial charge in [-0.2, -0.15) is 0 Å². The SMILES string of the molecule is Cc1cnc(-c2ccc(C=O)cn2)s1. The van der Waals surface area contributed by atoms with Crippen LogP contribution in [0.5, 0.6) is 0 Å². The molecular formula is C10H8N2OS. The molecule has 2 heterocycles. The maximum Gasteiger partial charge on any atom is 0.151 e. The van der Waals surface area contributed by atoms with E-state index in [0.717, 1.165) is 21.9 Å². The molecule has 2 aromatic rings. The lowest BCUT2D eigenvalue weighted by Gasteiger charge is -1.94. The Bertz CT molecular complexity index is 447. The highest BCUT2D eigenvalue weighted by Crippen LogP contribution is 2.22. The zero-order valence-corrected chi connectivity index (χ0v) is 8.41. The van der Waals surface area contributed by atoms with E-state index in [1.165, 1.54) is 0 Å². The molecule has 0 atom stereocenters. The van der Waals surface area contributed by atoms with Gasteiger partial charge in [-0.25, -0.2) is 4.98 Å². The molecule has 0 aliphatic rings. The summed E-state index contributed by atoms with van der Waals surface area (Å²) in [5, 5.41) is 0.889. The van der Waals surface area contributed by atoms with Gasteiger partial charge in [-0.3, -0.25) is 9.78 Å². The van der Waals surface area contributed by atoms with Crippen LogP contribution in [0.15, 0.2) is 24.5 Å². The maximum atomic E-state index is 10.4. The van der Waals surface area contributed by atoms with Gasteiger partial charge in [-0.1, -0.05) is 0 Å². The first-order chi connectivity index (χ1) is 6.79. The molecule has 0 radical (unpaired) electrons. The van der Waals surface area contributed by atoms with Crippen molar-refractivity contribution in [2.45, 2.75) is 6.92 Å². The molecule has 4 heteroatoms. The minimum atomic E-state index is 0.585. The topological polar surface area (TPSA) is 42.9 Å². The summed E-state index contributed by atoms with van der Waals surface area (Å²) in [6.45, 7) is 2.00. The average Bonchev–Trinajstić information content (AvgIpc) is 2.65.